The van der Waals surface area contributed by atoms with Crippen molar-refractivity contribution in [3.63, 3.8) is 0 Å². The van der Waals surface area contributed by atoms with Crippen LogP contribution in [0.5, 0.6) is 0 Å². The number of hydrogen-bond acceptors (Lipinski definition) is 3. The van der Waals surface area contributed by atoms with Gasteiger partial charge in [0.05, 0.1) is 0 Å². The lowest BCUT2D eigenvalue weighted by Gasteiger charge is -2.47. The molecule has 2 aromatic rings. The van der Waals surface area contributed by atoms with Crippen molar-refractivity contribution in [3.8, 4) is 0 Å². The van der Waals surface area contributed by atoms with Gasteiger partial charge in [0.2, 0.25) is 0 Å². The van der Waals surface area contributed by atoms with Gasteiger partial charge < -0.3 is 15.6 Å². The summed E-state index contributed by atoms with van der Waals surface area (Å²) in [6.07, 6.45) is 8.64. The third kappa shape index (κ3) is 2.77. The second-order valence-electron chi connectivity index (χ2n) is 9.19. The zero-order valence-electron chi connectivity index (χ0n) is 17.0. The summed E-state index contributed by atoms with van der Waals surface area (Å²) < 4.78 is 0. The number of aromatic amines is 1. The first-order valence-electron chi connectivity index (χ1n) is 10.8. The molecule has 3 aliphatic rings. The molecule has 2 unspecified atom stereocenters. The lowest BCUT2D eigenvalue weighted by Crippen LogP contribution is -2.52. The van der Waals surface area contributed by atoms with Crippen LogP contribution in [-0.4, -0.2) is 41.3 Å². The van der Waals surface area contributed by atoms with Gasteiger partial charge in [-0.2, -0.15) is 0 Å². The maximum absolute atomic E-state index is 12.2. The number of H-pyrrole nitrogens is 1. The summed E-state index contributed by atoms with van der Waals surface area (Å²) in [7, 11) is 2.26. The molecule has 0 saturated carbocycles. The first-order valence-corrected chi connectivity index (χ1v) is 10.8. The van der Waals surface area contributed by atoms with Crippen molar-refractivity contribution in [2.45, 2.75) is 63.5 Å². The van der Waals surface area contributed by atoms with Crippen LogP contribution in [-0.2, 0) is 11.2 Å². The number of rotatable bonds is 3. The molecular weight excluding hydrogens is 346 g/mol. The number of nitrogens with zero attached hydrogens (tertiary/aromatic N) is 1. The van der Waals surface area contributed by atoms with Gasteiger partial charge in [-0.05, 0) is 86.8 Å². The van der Waals surface area contributed by atoms with Gasteiger partial charge in [-0.1, -0.05) is 12.1 Å². The third-order valence-electron chi connectivity index (χ3n) is 7.60. The van der Waals surface area contributed by atoms with Crippen LogP contribution < -0.4 is 5.73 Å². The number of Topliss-reactive ketones (excluding diaryl/α,β-unsaturated/α-hetero) is 1. The maximum atomic E-state index is 12.2. The number of allylic oxidation sites excluding steroid dienone is 1. The summed E-state index contributed by atoms with van der Waals surface area (Å²) in [5.41, 5.74) is 13.3. The van der Waals surface area contributed by atoms with Gasteiger partial charge in [-0.3, -0.25) is 4.79 Å². The van der Waals surface area contributed by atoms with E-state index in [0.717, 1.165) is 44.2 Å². The number of aromatic nitrogens is 1. The molecule has 148 valence electrons. The fourth-order valence-electron chi connectivity index (χ4n) is 6.23. The Kier molecular flexibility index (Phi) is 4.44. The minimum atomic E-state index is 0.00873. The highest BCUT2D eigenvalue weighted by atomic mass is 16.1. The SMILES string of the molecule is CC(=O)C1=C(C(N)C2C[C@@H]3c4cccc5[nH]cc(c45)C[C@H]3N(C)C2)CCCC1. The molecule has 4 atom stereocenters. The highest BCUT2D eigenvalue weighted by Crippen LogP contribution is 2.45. The normalized spacial score (nSPS) is 29.0. The minimum Gasteiger partial charge on any atom is -0.361 e. The van der Waals surface area contributed by atoms with Gasteiger partial charge >= 0.3 is 0 Å². The molecule has 4 nitrogen and oxygen atoms in total. The Bertz CT molecular complexity index is 956. The van der Waals surface area contributed by atoms with Gasteiger partial charge in [0, 0.05) is 41.6 Å². The van der Waals surface area contributed by atoms with Crippen molar-refractivity contribution in [3.05, 3.63) is 46.7 Å². The van der Waals surface area contributed by atoms with E-state index in [1.807, 2.05) is 0 Å². The van der Waals surface area contributed by atoms with Crippen LogP contribution in [0.3, 0.4) is 0 Å². The summed E-state index contributed by atoms with van der Waals surface area (Å²) in [5.74, 6) is 1.16. The molecule has 0 bridgehead atoms. The molecule has 0 radical (unpaired) electrons. The van der Waals surface area contributed by atoms with Crippen molar-refractivity contribution < 1.29 is 4.79 Å². The number of ketones is 1. The van der Waals surface area contributed by atoms with Gasteiger partial charge in [0.1, 0.15) is 0 Å². The van der Waals surface area contributed by atoms with Gasteiger partial charge in [-0.15, -0.1) is 0 Å². The van der Waals surface area contributed by atoms with Crippen LogP contribution in [0.1, 0.15) is 56.1 Å². The number of fused-ring (bicyclic) bond motifs is 2. The van der Waals surface area contributed by atoms with Crippen LogP contribution in [0.25, 0.3) is 10.9 Å². The Morgan fingerprint density at radius 2 is 2.11 bits per heavy atom. The number of likely N-dealkylation sites (N-methyl/N-ethyl adjacent to an activating group) is 1. The largest absolute Gasteiger partial charge is 0.361 e. The lowest BCUT2D eigenvalue weighted by molar-refractivity contribution is -0.113. The Hall–Kier alpha value is -1.91. The molecule has 1 fully saturated rings. The molecule has 1 aliphatic heterocycles. The predicted octanol–water partition coefficient (Wildman–Crippen LogP) is 3.91. The number of likely N-dealkylation sites (tertiary alicyclic amines) is 1. The summed E-state index contributed by atoms with van der Waals surface area (Å²) in [6.45, 7) is 2.73. The van der Waals surface area contributed by atoms with E-state index in [-0.39, 0.29) is 11.8 Å². The summed E-state index contributed by atoms with van der Waals surface area (Å²) >= 11 is 0. The molecule has 3 N–H and O–H groups in total. The van der Waals surface area contributed by atoms with Crippen molar-refractivity contribution in [2.24, 2.45) is 11.7 Å². The fourth-order valence-corrected chi connectivity index (χ4v) is 6.23. The number of carbonyl (C=O) groups excluding carboxylic acids is 1. The second-order valence-corrected chi connectivity index (χ2v) is 9.19. The molecule has 1 aromatic heterocycles. The highest BCUT2D eigenvalue weighted by molar-refractivity contribution is 5.94. The molecule has 28 heavy (non-hydrogen) atoms. The number of carbonyl (C=O) groups is 1. The van der Waals surface area contributed by atoms with Gasteiger partial charge in [0.25, 0.3) is 0 Å². The van der Waals surface area contributed by atoms with E-state index < -0.39 is 0 Å². The highest BCUT2D eigenvalue weighted by Gasteiger charge is 2.41. The Morgan fingerprint density at radius 3 is 2.93 bits per heavy atom. The van der Waals surface area contributed by atoms with Crippen LogP contribution in [0, 0.1) is 5.92 Å². The van der Waals surface area contributed by atoms with Crippen LogP contribution in [0.2, 0.25) is 0 Å². The molecule has 1 saturated heterocycles. The molecular formula is C24H31N3O. The summed E-state index contributed by atoms with van der Waals surface area (Å²) in [5, 5.41) is 1.44. The van der Waals surface area contributed by atoms with Crippen molar-refractivity contribution in [1.82, 2.24) is 9.88 Å². The third-order valence-corrected chi connectivity index (χ3v) is 7.60. The topological polar surface area (TPSA) is 62.1 Å². The zero-order valence-corrected chi connectivity index (χ0v) is 17.0. The van der Waals surface area contributed by atoms with Crippen LogP contribution in [0.4, 0.5) is 0 Å². The molecule has 2 aliphatic carbocycles. The fraction of sp³-hybridized carbons (Fsp3) is 0.542. The van der Waals surface area contributed by atoms with E-state index in [2.05, 4.69) is 41.3 Å². The molecule has 0 spiro atoms. The molecule has 5 rings (SSSR count). The van der Waals surface area contributed by atoms with E-state index >= 15 is 0 Å². The van der Waals surface area contributed by atoms with Crippen molar-refractivity contribution in [1.29, 1.82) is 0 Å². The average molecular weight is 378 g/mol. The Morgan fingerprint density at radius 1 is 1.29 bits per heavy atom. The molecule has 2 heterocycles. The van der Waals surface area contributed by atoms with Crippen LogP contribution in [0.15, 0.2) is 35.5 Å². The quantitative estimate of drug-likeness (QED) is 0.852. The number of nitrogens with one attached hydrogen (secondary N) is 1. The molecule has 1 aromatic carbocycles. The van der Waals surface area contributed by atoms with Crippen molar-refractivity contribution in [2.75, 3.05) is 13.6 Å². The predicted molar refractivity (Wildman–Crippen MR) is 113 cm³/mol. The number of piperidine rings is 1. The number of hydrogen-bond donors (Lipinski definition) is 2. The van der Waals surface area contributed by atoms with E-state index in [1.54, 1.807) is 6.92 Å². The average Bonchev–Trinajstić information content (AvgIpc) is 3.12. The monoisotopic (exact) mass is 377 g/mol. The maximum Gasteiger partial charge on any atom is 0.155 e. The minimum absolute atomic E-state index is 0.00873. The van der Waals surface area contributed by atoms with E-state index in [4.69, 9.17) is 5.73 Å². The smallest absolute Gasteiger partial charge is 0.155 e. The van der Waals surface area contributed by atoms with E-state index in [1.165, 1.54) is 34.0 Å². The Labute approximate surface area is 167 Å². The van der Waals surface area contributed by atoms with Crippen LogP contribution >= 0.6 is 0 Å². The summed E-state index contributed by atoms with van der Waals surface area (Å²) in [4.78, 5) is 18.2. The first-order chi connectivity index (χ1) is 13.5. The van der Waals surface area contributed by atoms with E-state index in [9.17, 15) is 4.79 Å². The first kappa shape index (κ1) is 18.1. The zero-order chi connectivity index (χ0) is 19.4. The van der Waals surface area contributed by atoms with Gasteiger partial charge in [0.15, 0.2) is 5.78 Å². The number of nitrogens with two attached hydrogens (primary N) is 1. The van der Waals surface area contributed by atoms with Gasteiger partial charge in [-0.25, -0.2) is 0 Å². The number of benzene rings is 1. The van der Waals surface area contributed by atoms with Crippen molar-refractivity contribution >= 4 is 16.7 Å². The van der Waals surface area contributed by atoms with E-state index in [0.29, 0.717) is 17.9 Å². The molecule has 4 heteroatoms. The Balaban J connectivity index is 1.50. The standard InChI is InChI=1S/C24H31N3O/c1-14(28)17-6-3-4-7-19(17)24(25)16-10-20-18-8-5-9-21-23(18)15(12-26-21)11-22(20)27(2)13-16/h5,8-9,12,16,20,22,24,26H,3-4,6-7,10-11,13,25H2,1-2H3/t16?,20-,22-,24?/m1/s1. The molecule has 0 amide bonds. The second kappa shape index (κ2) is 6.85. The lowest BCUT2D eigenvalue weighted by atomic mass is 9.69. The summed E-state index contributed by atoms with van der Waals surface area (Å²) in [6, 6.07) is 7.24.